The van der Waals surface area contributed by atoms with Crippen LogP contribution < -0.4 is 5.32 Å². The van der Waals surface area contributed by atoms with Gasteiger partial charge in [0.15, 0.2) is 0 Å². The van der Waals surface area contributed by atoms with E-state index in [4.69, 9.17) is 0 Å². The normalized spacial score (nSPS) is 22.5. The molecule has 112 valence electrons. The Morgan fingerprint density at radius 1 is 1.33 bits per heavy atom. The Morgan fingerprint density at radius 3 is 2.67 bits per heavy atom. The first-order valence-corrected chi connectivity index (χ1v) is 7.84. The van der Waals surface area contributed by atoms with Gasteiger partial charge in [-0.3, -0.25) is 9.48 Å². The molecular formula is C14H19N5OS. The average Bonchev–Trinajstić information content (AvgIpc) is 3.05. The van der Waals surface area contributed by atoms with Crippen molar-refractivity contribution in [3.05, 3.63) is 23.5 Å². The van der Waals surface area contributed by atoms with Gasteiger partial charge in [-0.2, -0.15) is 5.10 Å². The predicted molar refractivity (Wildman–Crippen MR) is 82.3 cm³/mol. The van der Waals surface area contributed by atoms with Crippen LogP contribution in [0.4, 0.5) is 0 Å². The number of carbonyl (C=O) groups is 1. The summed E-state index contributed by atoms with van der Waals surface area (Å²) in [6.45, 7) is 5.68. The number of rotatable bonds is 2. The van der Waals surface area contributed by atoms with Gasteiger partial charge < -0.3 is 10.2 Å². The molecule has 1 aliphatic heterocycles. The van der Waals surface area contributed by atoms with Gasteiger partial charge >= 0.3 is 0 Å². The molecule has 7 heteroatoms. The molecule has 1 N–H and O–H groups in total. The highest BCUT2D eigenvalue weighted by molar-refractivity contribution is 7.16. The zero-order chi connectivity index (χ0) is 15.0. The van der Waals surface area contributed by atoms with Crippen LogP contribution >= 0.6 is 11.3 Å². The highest BCUT2D eigenvalue weighted by Gasteiger charge is 2.26. The fraction of sp³-hybridized carbons (Fsp3) is 0.500. The Balaban J connectivity index is 1.78. The topological polar surface area (TPSA) is 63.1 Å². The molecule has 0 bridgehead atoms. The number of hydrogen-bond donors (Lipinski definition) is 1. The van der Waals surface area contributed by atoms with Gasteiger partial charge in [0, 0.05) is 44.0 Å². The monoisotopic (exact) mass is 305 g/mol. The molecule has 3 heterocycles. The zero-order valence-corrected chi connectivity index (χ0v) is 13.2. The zero-order valence-electron chi connectivity index (χ0n) is 12.4. The lowest BCUT2D eigenvalue weighted by Crippen LogP contribution is -2.55. The van der Waals surface area contributed by atoms with Crippen molar-refractivity contribution >= 4 is 17.2 Å². The molecule has 2 aromatic heterocycles. The fourth-order valence-corrected chi connectivity index (χ4v) is 3.55. The summed E-state index contributed by atoms with van der Waals surface area (Å²) < 4.78 is 1.73. The summed E-state index contributed by atoms with van der Waals surface area (Å²) in [5.41, 5.74) is 0.948. The summed E-state index contributed by atoms with van der Waals surface area (Å²) >= 11 is 1.43. The van der Waals surface area contributed by atoms with Crippen molar-refractivity contribution in [2.24, 2.45) is 7.05 Å². The summed E-state index contributed by atoms with van der Waals surface area (Å²) in [6, 6.07) is 0.645. The Hall–Kier alpha value is -1.73. The first kappa shape index (κ1) is 14.2. The van der Waals surface area contributed by atoms with E-state index < -0.39 is 0 Å². The van der Waals surface area contributed by atoms with Crippen molar-refractivity contribution in [3.63, 3.8) is 0 Å². The third kappa shape index (κ3) is 2.98. The third-order valence-electron chi connectivity index (χ3n) is 3.51. The molecule has 21 heavy (non-hydrogen) atoms. The minimum absolute atomic E-state index is 0.0721. The molecule has 2 aromatic rings. The number of hydrogen-bond acceptors (Lipinski definition) is 5. The van der Waals surface area contributed by atoms with Crippen LogP contribution in [0.3, 0.4) is 0 Å². The van der Waals surface area contributed by atoms with Crippen LogP contribution in [-0.4, -0.2) is 50.7 Å². The second-order valence-electron chi connectivity index (χ2n) is 5.61. The number of nitrogens with one attached hydrogen (secondary N) is 1. The van der Waals surface area contributed by atoms with E-state index in [0.717, 1.165) is 23.7 Å². The van der Waals surface area contributed by atoms with Crippen LogP contribution in [-0.2, 0) is 7.05 Å². The second-order valence-corrected chi connectivity index (χ2v) is 6.64. The third-order valence-corrected chi connectivity index (χ3v) is 4.55. The molecule has 0 aliphatic carbocycles. The van der Waals surface area contributed by atoms with E-state index in [1.807, 2.05) is 18.1 Å². The minimum atomic E-state index is 0.0721. The maximum absolute atomic E-state index is 12.6. The van der Waals surface area contributed by atoms with E-state index in [-0.39, 0.29) is 5.91 Å². The van der Waals surface area contributed by atoms with Gasteiger partial charge in [-0.25, -0.2) is 4.98 Å². The lowest BCUT2D eigenvalue weighted by Gasteiger charge is -2.35. The summed E-state index contributed by atoms with van der Waals surface area (Å²) in [5, 5.41) is 8.40. The van der Waals surface area contributed by atoms with Crippen molar-refractivity contribution < 1.29 is 4.79 Å². The fourth-order valence-electron chi connectivity index (χ4n) is 2.69. The molecule has 6 nitrogen and oxygen atoms in total. The van der Waals surface area contributed by atoms with E-state index in [0.29, 0.717) is 17.0 Å². The van der Waals surface area contributed by atoms with Gasteiger partial charge in [0.2, 0.25) is 0 Å². The number of thiazole rings is 1. The Morgan fingerprint density at radius 2 is 2.05 bits per heavy atom. The number of nitrogens with zero attached hydrogens (tertiary/aromatic N) is 4. The number of aromatic nitrogens is 3. The van der Waals surface area contributed by atoms with Crippen molar-refractivity contribution in [2.75, 3.05) is 13.1 Å². The second kappa shape index (κ2) is 5.57. The molecule has 0 saturated carbocycles. The lowest BCUT2D eigenvalue weighted by atomic mass is 10.1. The molecule has 0 aromatic carbocycles. The molecule has 1 amide bonds. The SMILES string of the molecule is C[C@@H]1CN(C(=O)c2cnc(-c3cnn(C)c3)s2)C[C@@H](C)N1. The van der Waals surface area contributed by atoms with Gasteiger partial charge in [0.25, 0.3) is 5.91 Å². The summed E-state index contributed by atoms with van der Waals surface area (Å²) in [6.07, 6.45) is 5.34. The molecular weight excluding hydrogens is 286 g/mol. The van der Waals surface area contributed by atoms with Crippen LogP contribution in [0.2, 0.25) is 0 Å². The van der Waals surface area contributed by atoms with Crippen molar-refractivity contribution in [3.8, 4) is 10.6 Å². The van der Waals surface area contributed by atoms with Crippen molar-refractivity contribution in [1.29, 1.82) is 0 Å². The standard InChI is InChI=1S/C14H19N5OS/c1-9-6-19(7-10(2)17-9)14(20)12-5-15-13(21-12)11-4-16-18(3)8-11/h4-5,8-10,17H,6-7H2,1-3H3/t9-,10-/m1/s1. The van der Waals surface area contributed by atoms with Crippen LogP contribution in [0.15, 0.2) is 18.6 Å². The van der Waals surface area contributed by atoms with Crippen LogP contribution in [0.5, 0.6) is 0 Å². The van der Waals surface area contributed by atoms with Crippen LogP contribution in [0.25, 0.3) is 10.6 Å². The van der Waals surface area contributed by atoms with Crippen LogP contribution in [0, 0.1) is 0 Å². The molecule has 1 fully saturated rings. The maximum atomic E-state index is 12.6. The predicted octanol–water partition coefficient (Wildman–Crippen LogP) is 1.37. The highest BCUT2D eigenvalue weighted by Crippen LogP contribution is 2.25. The smallest absolute Gasteiger partial charge is 0.265 e. The van der Waals surface area contributed by atoms with Gasteiger partial charge in [-0.05, 0) is 13.8 Å². The van der Waals surface area contributed by atoms with Gasteiger partial charge in [-0.15, -0.1) is 11.3 Å². The van der Waals surface area contributed by atoms with E-state index >= 15 is 0 Å². The van der Waals surface area contributed by atoms with E-state index in [2.05, 4.69) is 29.2 Å². The molecule has 1 saturated heterocycles. The number of aryl methyl sites for hydroxylation is 1. The van der Waals surface area contributed by atoms with Gasteiger partial charge in [-0.1, -0.05) is 0 Å². The minimum Gasteiger partial charge on any atom is -0.335 e. The van der Waals surface area contributed by atoms with Crippen molar-refractivity contribution in [2.45, 2.75) is 25.9 Å². The Kier molecular flexibility index (Phi) is 3.77. The number of amides is 1. The van der Waals surface area contributed by atoms with E-state index in [1.165, 1.54) is 11.3 Å². The molecule has 3 rings (SSSR count). The first-order valence-electron chi connectivity index (χ1n) is 7.03. The first-order chi connectivity index (χ1) is 10.0. The molecule has 0 radical (unpaired) electrons. The quantitative estimate of drug-likeness (QED) is 0.910. The maximum Gasteiger partial charge on any atom is 0.265 e. The number of carbonyl (C=O) groups excluding carboxylic acids is 1. The Labute approximate surface area is 127 Å². The summed E-state index contributed by atoms with van der Waals surface area (Å²) in [7, 11) is 1.87. The highest BCUT2D eigenvalue weighted by atomic mass is 32.1. The summed E-state index contributed by atoms with van der Waals surface area (Å²) in [5.74, 6) is 0.0721. The molecule has 1 aliphatic rings. The molecule has 2 atom stereocenters. The number of piperazine rings is 1. The van der Waals surface area contributed by atoms with Gasteiger partial charge in [0.05, 0.1) is 12.4 Å². The van der Waals surface area contributed by atoms with E-state index in [1.54, 1.807) is 17.1 Å². The van der Waals surface area contributed by atoms with Crippen molar-refractivity contribution in [1.82, 2.24) is 25.0 Å². The largest absolute Gasteiger partial charge is 0.335 e. The van der Waals surface area contributed by atoms with E-state index in [9.17, 15) is 4.79 Å². The Bertz CT molecular complexity index is 639. The summed E-state index contributed by atoms with van der Waals surface area (Å²) in [4.78, 5) is 19.5. The molecule has 0 spiro atoms. The molecule has 0 unspecified atom stereocenters. The van der Waals surface area contributed by atoms with Crippen LogP contribution in [0.1, 0.15) is 23.5 Å². The lowest BCUT2D eigenvalue weighted by molar-refractivity contribution is 0.0678. The average molecular weight is 305 g/mol. The van der Waals surface area contributed by atoms with Gasteiger partial charge in [0.1, 0.15) is 9.88 Å².